The predicted molar refractivity (Wildman–Crippen MR) is 84.1 cm³/mol. The first kappa shape index (κ1) is 13.2. The second-order valence-corrected chi connectivity index (χ2v) is 5.97. The topological polar surface area (TPSA) is 20.2 Å². The third-order valence-corrected chi connectivity index (χ3v) is 4.43. The lowest BCUT2D eigenvalue weighted by Crippen LogP contribution is -2.06. The zero-order valence-corrected chi connectivity index (χ0v) is 12.1. The summed E-state index contributed by atoms with van der Waals surface area (Å²) in [4.78, 5) is 0. The zero-order valence-electron chi connectivity index (χ0n) is 12.1. The van der Waals surface area contributed by atoms with Crippen LogP contribution < -0.4 is 0 Å². The summed E-state index contributed by atoms with van der Waals surface area (Å²) in [5.41, 5.74) is 5.38. The van der Waals surface area contributed by atoms with Gasteiger partial charge in [0.25, 0.3) is 0 Å². The molecule has 1 aliphatic rings. The molecule has 0 spiro atoms. The van der Waals surface area contributed by atoms with Crippen molar-refractivity contribution >= 4 is 0 Å². The van der Waals surface area contributed by atoms with Crippen LogP contribution in [0.15, 0.2) is 42.5 Å². The van der Waals surface area contributed by atoms with Gasteiger partial charge in [0.1, 0.15) is 5.75 Å². The molecular formula is C19H22O. The Labute approximate surface area is 121 Å². The van der Waals surface area contributed by atoms with E-state index < -0.39 is 0 Å². The third-order valence-electron chi connectivity index (χ3n) is 4.43. The van der Waals surface area contributed by atoms with Crippen LogP contribution >= 0.6 is 0 Å². The lowest BCUT2D eigenvalue weighted by atomic mass is 9.80. The van der Waals surface area contributed by atoms with Crippen molar-refractivity contribution < 1.29 is 5.11 Å². The molecule has 2 aromatic rings. The van der Waals surface area contributed by atoms with Crippen molar-refractivity contribution in [2.45, 2.75) is 44.9 Å². The van der Waals surface area contributed by atoms with Crippen molar-refractivity contribution in [2.24, 2.45) is 0 Å². The van der Waals surface area contributed by atoms with Crippen LogP contribution in [0.25, 0.3) is 11.1 Å². The van der Waals surface area contributed by atoms with E-state index >= 15 is 0 Å². The van der Waals surface area contributed by atoms with Crippen LogP contribution in [-0.4, -0.2) is 5.11 Å². The van der Waals surface area contributed by atoms with Crippen molar-refractivity contribution in [1.82, 2.24) is 0 Å². The second kappa shape index (κ2) is 5.70. The number of aromatic hydroxyl groups is 1. The minimum atomic E-state index is 0.333. The van der Waals surface area contributed by atoms with E-state index in [1.165, 1.54) is 54.4 Å². The Balaban J connectivity index is 2.03. The minimum absolute atomic E-state index is 0.333. The van der Waals surface area contributed by atoms with E-state index in [9.17, 15) is 5.11 Å². The Morgan fingerprint density at radius 2 is 1.60 bits per heavy atom. The average Bonchev–Trinajstić information content (AvgIpc) is 2.49. The number of phenolic OH excluding ortho intramolecular Hbond substituents is 1. The van der Waals surface area contributed by atoms with Crippen LogP contribution in [0.1, 0.15) is 49.1 Å². The first-order chi connectivity index (χ1) is 9.74. The molecule has 1 fully saturated rings. The molecule has 1 heteroatoms. The van der Waals surface area contributed by atoms with Gasteiger partial charge in [-0.2, -0.15) is 0 Å². The molecule has 0 radical (unpaired) electrons. The van der Waals surface area contributed by atoms with Crippen molar-refractivity contribution in [3.8, 4) is 16.9 Å². The standard InChI is InChI=1S/C19H22O/c1-14-7-12-18(16-8-10-17(20)11-9-16)19(13-14)15-5-3-2-4-6-15/h7-13,15,20H,2-6H2,1H3. The van der Waals surface area contributed by atoms with Gasteiger partial charge in [-0.3, -0.25) is 0 Å². The highest BCUT2D eigenvalue weighted by Crippen LogP contribution is 2.38. The van der Waals surface area contributed by atoms with E-state index in [1.807, 2.05) is 12.1 Å². The van der Waals surface area contributed by atoms with E-state index in [1.54, 1.807) is 12.1 Å². The fourth-order valence-electron chi connectivity index (χ4n) is 3.34. The molecule has 1 N–H and O–H groups in total. The predicted octanol–water partition coefficient (Wildman–Crippen LogP) is 5.42. The summed E-state index contributed by atoms with van der Waals surface area (Å²) in [5, 5.41) is 9.47. The van der Waals surface area contributed by atoms with Gasteiger partial charge >= 0.3 is 0 Å². The van der Waals surface area contributed by atoms with E-state index in [0.717, 1.165) is 0 Å². The normalized spacial score (nSPS) is 16.2. The Bertz CT molecular complexity index is 577. The lowest BCUT2D eigenvalue weighted by molar-refractivity contribution is 0.444. The number of benzene rings is 2. The summed E-state index contributed by atoms with van der Waals surface area (Å²) in [6.07, 6.45) is 6.72. The van der Waals surface area contributed by atoms with Crippen molar-refractivity contribution in [3.05, 3.63) is 53.6 Å². The maximum Gasteiger partial charge on any atom is 0.115 e. The Morgan fingerprint density at radius 3 is 2.30 bits per heavy atom. The molecule has 0 bridgehead atoms. The number of aryl methyl sites for hydroxylation is 1. The van der Waals surface area contributed by atoms with Gasteiger partial charge in [-0.05, 0) is 54.5 Å². The average molecular weight is 266 g/mol. The van der Waals surface area contributed by atoms with Gasteiger partial charge in [-0.25, -0.2) is 0 Å². The van der Waals surface area contributed by atoms with Crippen LogP contribution in [0.3, 0.4) is 0 Å². The van der Waals surface area contributed by atoms with E-state index in [4.69, 9.17) is 0 Å². The first-order valence-corrected chi connectivity index (χ1v) is 7.64. The molecule has 1 nitrogen and oxygen atoms in total. The molecule has 2 aromatic carbocycles. The monoisotopic (exact) mass is 266 g/mol. The van der Waals surface area contributed by atoms with Gasteiger partial charge < -0.3 is 5.11 Å². The van der Waals surface area contributed by atoms with Crippen molar-refractivity contribution in [2.75, 3.05) is 0 Å². The molecule has 104 valence electrons. The molecule has 0 amide bonds. The summed E-state index contributed by atoms with van der Waals surface area (Å²) < 4.78 is 0. The van der Waals surface area contributed by atoms with Gasteiger partial charge in [0.2, 0.25) is 0 Å². The van der Waals surface area contributed by atoms with E-state index in [-0.39, 0.29) is 0 Å². The molecule has 1 saturated carbocycles. The Morgan fingerprint density at radius 1 is 0.900 bits per heavy atom. The molecule has 0 heterocycles. The van der Waals surface area contributed by atoms with Gasteiger partial charge in [0.05, 0.1) is 0 Å². The molecule has 0 atom stereocenters. The molecule has 20 heavy (non-hydrogen) atoms. The van der Waals surface area contributed by atoms with Crippen LogP contribution in [0, 0.1) is 6.92 Å². The summed E-state index contributed by atoms with van der Waals surface area (Å²) in [6, 6.07) is 14.4. The first-order valence-electron chi connectivity index (χ1n) is 7.64. The van der Waals surface area contributed by atoms with Gasteiger partial charge in [0.15, 0.2) is 0 Å². The maximum absolute atomic E-state index is 9.47. The van der Waals surface area contributed by atoms with Crippen LogP contribution in [0.4, 0.5) is 0 Å². The number of rotatable bonds is 2. The Hall–Kier alpha value is -1.76. The highest BCUT2D eigenvalue weighted by Gasteiger charge is 2.19. The SMILES string of the molecule is Cc1ccc(-c2ccc(O)cc2)c(C2CCCCC2)c1. The molecule has 0 aromatic heterocycles. The molecule has 0 aliphatic heterocycles. The minimum Gasteiger partial charge on any atom is -0.508 e. The molecular weight excluding hydrogens is 244 g/mol. The molecule has 0 unspecified atom stereocenters. The second-order valence-electron chi connectivity index (χ2n) is 5.97. The van der Waals surface area contributed by atoms with Crippen LogP contribution in [0.5, 0.6) is 5.75 Å². The lowest BCUT2D eigenvalue weighted by Gasteiger charge is -2.25. The number of hydrogen-bond donors (Lipinski definition) is 1. The summed E-state index contributed by atoms with van der Waals surface area (Å²) in [7, 11) is 0. The smallest absolute Gasteiger partial charge is 0.115 e. The van der Waals surface area contributed by atoms with Crippen LogP contribution in [-0.2, 0) is 0 Å². The number of phenols is 1. The van der Waals surface area contributed by atoms with Crippen LogP contribution in [0.2, 0.25) is 0 Å². The summed E-state index contributed by atoms with van der Waals surface area (Å²) in [6.45, 7) is 2.17. The van der Waals surface area contributed by atoms with Gasteiger partial charge in [0, 0.05) is 0 Å². The largest absolute Gasteiger partial charge is 0.508 e. The molecule has 1 aliphatic carbocycles. The fraction of sp³-hybridized carbons (Fsp3) is 0.368. The van der Waals surface area contributed by atoms with Crippen molar-refractivity contribution in [3.63, 3.8) is 0 Å². The third kappa shape index (κ3) is 2.72. The Kier molecular flexibility index (Phi) is 3.77. The quantitative estimate of drug-likeness (QED) is 0.770. The summed E-state index contributed by atoms with van der Waals surface area (Å²) in [5.74, 6) is 1.03. The van der Waals surface area contributed by atoms with Gasteiger partial charge in [-0.15, -0.1) is 0 Å². The fourth-order valence-corrected chi connectivity index (χ4v) is 3.34. The molecule has 0 saturated heterocycles. The number of hydrogen-bond acceptors (Lipinski definition) is 1. The maximum atomic E-state index is 9.47. The zero-order chi connectivity index (χ0) is 13.9. The van der Waals surface area contributed by atoms with E-state index in [0.29, 0.717) is 11.7 Å². The van der Waals surface area contributed by atoms with Crippen molar-refractivity contribution in [1.29, 1.82) is 0 Å². The summed E-state index contributed by atoms with van der Waals surface area (Å²) >= 11 is 0. The van der Waals surface area contributed by atoms with Gasteiger partial charge in [-0.1, -0.05) is 55.2 Å². The highest BCUT2D eigenvalue weighted by molar-refractivity contribution is 5.69. The van der Waals surface area contributed by atoms with E-state index in [2.05, 4.69) is 25.1 Å². The molecule has 3 rings (SSSR count). The highest BCUT2D eigenvalue weighted by atomic mass is 16.3.